The molecule has 0 saturated heterocycles. The summed E-state index contributed by atoms with van der Waals surface area (Å²) >= 11 is 0. The number of hydrogen-bond donors (Lipinski definition) is 1. The zero-order valence-corrected chi connectivity index (χ0v) is 10.8. The fraction of sp³-hybridized carbons (Fsp3) is 1.00. The number of hydrogen-bond acceptors (Lipinski definition) is 3. The van der Waals surface area contributed by atoms with Crippen LogP contribution in [0.25, 0.3) is 0 Å². The fourth-order valence-electron chi connectivity index (χ4n) is 2.37. The van der Waals surface area contributed by atoms with E-state index in [1.807, 2.05) is 6.92 Å². The van der Waals surface area contributed by atoms with Crippen LogP contribution in [0.1, 0.15) is 46.0 Å². The Morgan fingerprint density at radius 2 is 1.88 bits per heavy atom. The van der Waals surface area contributed by atoms with E-state index in [0.29, 0.717) is 12.1 Å². The molecule has 2 unspecified atom stereocenters. The third-order valence-electron chi connectivity index (χ3n) is 3.18. The second-order valence-electron chi connectivity index (χ2n) is 4.41. The molecule has 1 saturated carbocycles. The summed E-state index contributed by atoms with van der Waals surface area (Å²) in [6.45, 7) is 7.47. The molecule has 0 aromatic carbocycles. The van der Waals surface area contributed by atoms with Gasteiger partial charge < -0.3 is 14.8 Å². The normalized spacial score (nSPS) is 26.6. The van der Waals surface area contributed by atoms with Crippen LogP contribution in [-0.4, -0.2) is 38.5 Å². The van der Waals surface area contributed by atoms with E-state index >= 15 is 0 Å². The first-order valence-corrected chi connectivity index (χ1v) is 6.81. The highest BCUT2D eigenvalue weighted by Crippen LogP contribution is 2.20. The van der Waals surface area contributed by atoms with E-state index in [2.05, 4.69) is 12.2 Å². The van der Waals surface area contributed by atoms with Crippen LogP contribution in [0, 0.1) is 0 Å². The monoisotopic (exact) mass is 229 g/mol. The van der Waals surface area contributed by atoms with Crippen molar-refractivity contribution < 1.29 is 9.47 Å². The quantitative estimate of drug-likeness (QED) is 0.537. The van der Waals surface area contributed by atoms with Gasteiger partial charge in [0.2, 0.25) is 0 Å². The summed E-state index contributed by atoms with van der Waals surface area (Å²) in [7, 11) is 0. The fourth-order valence-corrected chi connectivity index (χ4v) is 2.37. The molecular formula is C13H27NO2. The van der Waals surface area contributed by atoms with Crippen LogP contribution in [0.4, 0.5) is 0 Å². The summed E-state index contributed by atoms with van der Waals surface area (Å²) in [5.74, 6) is 0. The van der Waals surface area contributed by atoms with Crippen molar-refractivity contribution in [2.45, 2.75) is 58.1 Å². The van der Waals surface area contributed by atoms with Gasteiger partial charge in [-0.1, -0.05) is 26.2 Å². The van der Waals surface area contributed by atoms with Crippen molar-refractivity contribution in [3.8, 4) is 0 Å². The Morgan fingerprint density at radius 1 is 1.06 bits per heavy atom. The first-order chi connectivity index (χ1) is 7.88. The third-order valence-corrected chi connectivity index (χ3v) is 3.18. The smallest absolute Gasteiger partial charge is 0.0729 e. The van der Waals surface area contributed by atoms with Gasteiger partial charge in [0, 0.05) is 12.6 Å². The van der Waals surface area contributed by atoms with Crippen molar-refractivity contribution in [1.82, 2.24) is 5.32 Å². The van der Waals surface area contributed by atoms with Gasteiger partial charge in [-0.25, -0.2) is 0 Å². The highest BCUT2D eigenvalue weighted by molar-refractivity contribution is 4.79. The van der Waals surface area contributed by atoms with Gasteiger partial charge >= 0.3 is 0 Å². The van der Waals surface area contributed by atoms with Crippen LogP contribution >= 0.6 is 0 Å². The van der Waals surface area contributed by atoms with Crippen molar-refractivity contribution in [1.29, 1.82) is 0 Å². The summed E-state index contributed by atoms with van der Waals surface area (Å²) in [5, 5.41) is 3.55. The summed E-state index contributed by atoms with van der Waals surface area (Å²) in [4.78, 5) is 0. The Labute approximate surface area is 99.9 Å². The lowest BCUT2D eigenvalue weighted by Gasteiger charge is -2.26. The van der Waals surface area contributed by atoms with Crippen molar-refractivity contribution in [2.24, 2.45) is 0 Å². The topological polar surface area (TPSA) is 30.5 Å². The second kappa shape index (κ2) is 8.97. The molecule has 0 bridgehead atoms. The molecule has 96 valence electrons. The summed E-state index contributed by atoms with van der Waals surface area (Å²) in [5.41, 5.74) is 0. The highest BCUT2D eigenvalue weighted by Gasteiger charge is 2.23. The molecule has 0 heterocycles. The van der Waals surface area contributed by atoms with E-state index in [9.17, 15) is 0 Å². The van der Waals surface area contributed by atoms with Crippen molar-refractivity contribution >= 4 is 0 Å². The lowest BCUT2D eigenvalue weighted by molar-refractivity contribution is -0.0120. The zero-order valence-electron chi connectivity index (χ0n) is 10.8. The van der Waals surface area contributed by atoms with Gasteiger partial charge in [0.25, 0.3) is 0 Å². The van der Waals surface area contributed by atoms with Crippen molar-refractivity contribution in [3.63, 3.8) is 0 Å². The average Bonchev–Trinajstić information content (AvgIpc) is 2.51. The molecule has 0 amide bonds. The average molecular weight is 229 g/mol. The van der Waals surface area contributed by atoms with Gasteiger partial charge in [-0.05, 0) is 26.3 Å². The van der Waals surface area contributed by atoms with Crippen LogP contribution < -0.4 is 5.32 Å². The standard InChI is InChI=1S/C13H27NO2/c1-3-14-12-8-6-5-7-9-13(12)16-11-10-15-4-2/h12-14H,3-11H2,1-2H3. The van der Waals surface area contributed by atoms with Gasteiger partial charge in [0.15, 0.2) is 0 Å². The molecule has 0 radical (unpaired) electrons. The molecule has 3 nitrogen and oxygen atoms in total. The summed E-state index contributed by atoms with van der Waals surface area (Å²) in [6.07, 6.45) is 6.84. The van der Waals surface area contributed by atoms with E-state index in [1.165, 1.54) is 32.1 Å². The summed E-state index contributed by atoms with van der Waals surface area (Å²) in [6, 6.07) is 0.550. The molecule has 0 spiro atoms. The maximum Gasteiger partial charge on any atom is 0.0729 e. The molecule has 2 atom stereocenters. The van der Waals surface area contributed by atoms with E-state index in [1.54, 1.807) is 0 Å². The van der Waals surface area contributed by atoms with Gasteiger partial charge in [0.05, 0.1) is 19.3 Å². The zero-order chi connectivity index (χ0) is 11.6. The molecule has 0 aliphatic heterocycles. The maximum absolute atomic E-state index is 5.94. The van der Waals surface area contributed by atoms with Gasteiger partial charge in [0.1, 0.15) is 0 Å². The Hall–Kier alpha value is -0.120. The molecule has 1 N–H and O–H groups in total. The molecule has 0 aromatic heterocycles. The minimum absolute atomic E-state index is 0.392. The molecule has 1 aliphatic rings. The molecule has 1 rings (SSSR count). The Balaban J connectivity index is 2.26. The highest BCUT2D eigenvalue weighted by atomic mass is 16.5. The lowest BCUT2D eigenvalue weighted by atomic mass is 10.1. The summed E-state index contributed by atoms with van der Waals surface area (Å²) < 4.78 is 11.2. The van der Waals surface area contributed by atoms with E-state index in [0.717, 1.165) is 26.4 Å². The van der Waals surface area contributed by atoms with Gasteiger partial charge in [-0.2, -0.15) is 0 Å². The second-order valence-corrected chi connectivity index (χ2v) is 4.41. The number of likely N-dealkylation sites (N-methyl/N-ethyl adjacent to an activating group) is 1. The van der Waals surface area contributed by atoms with Crippen molar-refractivity contribution in [2.75, 3.05) is 26.4 Å². The minimum atomic E-state index is 0.392. The predicted octanol–water partition coefficient (Wildman–Crippen LogP) is 2.35. The minimum Gasteiger partial charge on any atom is -0.379 e. The van der Waals surface area contributed by atoms with Gasteiger partial charge in [-0.3, -0.25) is 0 Å². The molecule has 1 aliphatic carbocycles. The van der Waals surface area contributed by atoms with E-state index < -0.39 is 0 Å². The Bertz CT molecular complexity index is 164. The molecule has 1 fully saturated rings. The molecule has 3 heteroatoms. The number of rotatable bonds is 7. The largest absolute Gasteiger partial charge is 0.379 e. The predicted molar refractivity (Wildman–Crippen MR) is 66.8 cm³/mol. The third kappa shape index (κ3) is 5.28. The van der Waals surface area contributed by atoms with Crippen LogP contribution in [-0.2, 0) is 9.47 Å². The van der Waals surface area contributed by atoms with Crippen LogP contribution in [0.3, 0.4) is 0 Å². The SMILES string of the molecule is CCNC1CCCCCC1OCCOCC. The van der Waals surface area contributed by atoms with E-state index in [-0.39, 0.29) is 0 Å². The van der Waals surface area contributed by atoms with Crippen LogP contribution in [0.5, 0.6) is 0 Å². The first kappa shape index (κ1) is 13.9. The lowest BCUT2D eigenvalue weighted by Crippen LogP contribution is -2.41. The first-order valence-electron chi connectivity index (χ1n) is 6.81. The maximum atomic E-state index is 5.94. The van der Waals surface area contributed by atoms with E-state index in [4.69, 9.17) is 9.47 Å². The van der Waals surface area contributed by atoms with Gasteiger partial charge in [-0.15, -0.1) is 0 Å². The number of ether oxygens (including phenoxy) is 2. The van der Waals surface area contributed by atoms with Crippen LogP contribution in [0.15, 0.2) is 0 Å². The number of nitrogens with one attached hydrogen (secondary N) is 1. The molecule has 0 aromatic rings. The van der Waals surface area contributed by atoms with Crippen LogP contribution in [0.2, 0.25) is 0 Å². The Morgan fingerprint density at radius 3 is 2.62 bits per heavy atom. The Kier molecular flexibility index (Phi) is 7.81. The van der Waals surface area contributed by atoms with Crippen molar-refractivity contribution in [3.05, 3.63) is 0 Å². The molecule has 16 heavy (non-hydrogen) atoms. The molecular weight excluding hydrogens is 202 g/mol.